The Kier molecular flexibility index (Phi) is 3.62. The Bertz CT molecular complexity index is 530. The van der Waals surface area contributed by atoms with Crippen molar-refractivity contribution in [2.45, 2.75) is 6.42 Å². The Morgan fingerprint density at radius 2 is 2.11 bits per heavy atom. The Morgan fingerprint density at radius 3 is 2.72 bits per heavy atom. The second-order valence-electron chi connectivity index (χ2n) is 4.15. The average molecular weight is 244 g/mol. The van der Waals surface area contributed by atoms with E-state index in [1.54, 1.807) is 24.1 Å². The number of carbonyl (C=O) groups is 1. The van der Waals surface area contributed by atoms with Gasteiger partial charge in [0, 0.05) is 25.5 Å². The Labute approximate surface area is 106 Å². The van der Waals surface area contributed by atoms with Gasteiger partial charge in [0.2, 0.25) is 0 Å². The van der Waals surface area contributed by atoms with Gasteiger partial charge in [0.05, 0.1) is 11.8 Å². The number of nitrogens with zero attached hydrogens (tertiary/aromatic N) is 2. The number of rotatable bonds is 4. The summed E-state index contributed by atoms with van der Waals surface area (Å²) in [7, 11) is 1.78. The molecule has 0 spiro atoms. The molecule has 1 amide bonds. The molecule has 0 radical (unpaired) electrons. The van der Waals surface area contributed by atoms with E-state index in [-0.39, 0.29) is 5.91 Å². The summed E-state index contributed by atoms with van der Waals surface area (Å²) in [5, 5.41) is 6.81. The van der Waals surface area contributed by atoms with E-state index in [0.717, 1.165) is 17.7 Å². The topological polar surface area (TPSA) is 72.9 Å². The van der Waals surface area contributed by atoms with Crippen molar-refractivity contribution in [1.29, 1.82) is 0 Å². The van der Waals surface area contributed by atoms with Crippen LogP contribution in [-0.4, -0.2) is 22.2 Å². The summed E-state index contributed by atoms with van der Waals surface area (Å²) in [6, 6.07) is 7.65. The molecule has 2 rings (SSSR count). The molecule has 0 aliphatic heterocycles. The molecule has 5 heteroatoms. The fourth-order valence-electron chi connectivity index (χ4n) is 1.65. The normalized spacial score (nSPS) is 10.3. The lowest BCUT2D eigenvalue weighted by Gasteiger charge is -2.04. The first-order valence-corrected chi connectivity index (χ1v) is 5.76. The van der Waals surface area contributed by atoms with Gasteiger partial charge in [0.25, 0.3) is 5.91 Å². The molecule has 0 atom stereocenters. The smallest absolute Gasteiger partial charge is 0.254 e. The van der Waals surface area contributed by atoms with E-state index >= 15 is 0 Å². The lowest BCUT2D eigenvalue weighted by atomic mass is 10.1. The molecule has 0 bridgehead atoms. The maximum atomic E-state index is 11.7. The van der Waals surface area contributed by atoms with Crippen LogP contribution < -0.4 is 11.1 Å². The zero-order chi connectivity index (χ0) is 13.0. The number of hydrogen-bond donors (Lipinski definition) is 2. The molecule has 0 saturated heterocycles. The molecule has 0 saturated carbocycles. The molecule has 94 valence electrons. The van der Waals surface area contributed by atoms with Crippen LogP contribution in [0.3, 0.4) is 0 Å². The number of nitrogens with one attached hydrogen (secondary N) is 1. The number of anilines is 1. The van der Waals surface area contributed by atoms with E-state index in [0.29, 0.717) is 12.1 Å². The van der Waals surface area contributed by atoms with Crippen LogP contribution in [0.2, 0.25) is 0 Å². The quantitative estimate of drug-likeness (QED) is 0.787. The molecule has 1 aromatic heterocycles. The van der Waals surface area contributed by atoms with E-state index < -0.39 is 0 Å². The SMILES string of the molecule is Cn1cc(C(=O)NCCc2ccc(N)cc2)cn1. The van der Waals surface area contributed by atoms with Crippen LogP contribution in [0.1, 0.15) is 15.9 Å². The highest BCUT2D eigenvalue weighted by Crippen LogP contribution is 2.05. The zero-order valence-corrected chi connectivity index (χ0v) is 10.3. The summed E-state index contributed by atoms with van der Waals surface area (Å²) < 4.78 is 1.61. The van der Waals surface area contributed by atoms with E-state index in [2.05, 4.69) is 10.4 Å². The first kappa shape index (κ1) is 12.2. The molecule has 0 unspecified atom stereocenters. The standard InChI is InChI=1S/C13H16N4O/c1-17-9-11(8-16-17)13(18)15-7-6-10-2-4-12(14)5-3-10/h2-5,8-9H,6-7,14H2,1H3,(H,15,18). The largest absolute Gasteiger partial charge is 0.399 e. The maximum Gasteiger partial charge on any atom is 0.254 e. The fraction of sp³-hybridized carbons (Fsp3) is 0.231. The molecule has 5 nitrogen and oxygen atoms in total. The van der Waals surface area contributed by atoms with Crippen molar-refractivity contribution in [3.8, 4) is 0 Å². The number of amides is 1. The Hall–Kier alpha value is -2.30. The lowest BCUT2D eigenvalue weighted by Crippen LogP contribution is -2.25. The lowest BCUT2D eigenvalue weighted by molar-refractivity contribution is 0.0954. The summed E-state index contributed by atoms with van der Waals surface area (Å²) in [6.07, 6.45) is 4.03. The van der Waals surface area contributed by atoms with Crippen molar-refractivity contribution in [3.63, 3.8) is 0 Å². The van der Waals surface area contributed by atoms with Crippen molar-refractivity contribution < 1.29 is 4.79 Å². The van der Waals surface area contributed by atoms with Crippen LogP contribution in [0, 0.1) is 0 Å². The van der Waals surface area contributed by atoms with Gasteiger partial charge in [-0.1, -0.05) is 12.1 Å². The van der Waals surface area contributed by atoms with Gasteiger partial charge in [-0.05, 0) is 24.1 Å². The third-order valence-corrected chi connectivity index (χ3v) is 2.65. The monoisotopic (exact) mass is 244 g/mol. The Morgan fingerprint density at radius 1 is 1.39 bits per heavy atom. The number of carbonyl (C=O) groups excluding carboxylic acids is 1. The minimum Gasteiger partial charge on any atom is -0.399 e. The number of nitrogen functional groups attached to an aromatic ring is 1. The van der Waals surface area contributed by atoms with Gasteiger partial charge >= 0.3 is 0 Å². The van der Waals surface area contributed by atoms with E-state index in [1.165, 1.54) is 0 Å². The number of aromatic nitrogens is 2. The van der Waals surface area contributed by atoms with Crippen LogP contribution in [0.4, 0.5) is 5.69 Å². The van der Waals surface area contributed by atoms with Crippen LogP contribution in [-0.2, 0) is 13.5 Å². The van der Waals surface area contributed by atoms with Crippen molar-refractivity contribution in [1.82, 2.24) is 15.1 Å². The number of nitrogens with two attached hydrogens (primary N) is 1. The highest BCUT2D eigenvalue weighted by atomic mass is 16.1. The Balaban J connectivity index is 1.82. The summed E-state index contributed by atoms with van der Waals surface area (Å²) in [5.74, 6) is -0.0986. The molecule has 0 aliphatic carbocycles. The molecule has 1 heterocycles. The zero-order valence-electron chi connectivity index (χ0n) is 10.3. The highest BCUT2D eigenvalue weighted by molar-refractivity contribution is 5.93. The van der Waals surface area contributed by atoms with E-state index in [4.69, 9.17) is 5.73 Å². The van der Waals surface area contributed by atoms with Gasteiger partial charge in [-0.3, -0.25) is 9.48 Å². The molecule has 0 aliphatic rings. The summed E-state index contributed by atoms with van der Waals surface area (Å²) in [4.78, 5) is 11.7. The minimum absolute atomic E-state index is 0.0986. The van der Waals surface area contributed by atoms with Gasteiger partial charge in [0.15, 0.2) is 0 Å². The molecule has 3 N–H and O–H groups in total. The second-order valence-corrected chi connectivity index (χ2v) is 4.15. The first-order chi connectivity index (χ1) is 8.65. The average Bonchev–Trinajstić information content (AvgIpc) is 2.78. The van der Waals surface area contributed by atoms with Crippen LogP contribution in [0.25, 0.3) is 0 Å². The predicted molar refractivity (Wildman–Crippen MR) is 70.1 cm³/mol. The van der Waals surface area contributed by atoms with Crippen molar-refractivity contribution in [3.05, 3.63) is 47.8 Å². The van der Waals surface area contributed by atoms with Crippen molar-refractivity contribution in [2.24, 2.45) is 7.05 Å². The minimum atomic E-state index is -0.0986. The van der Waals surface area contributed by atoms with Crippen LogP contribution in [0.5, 0.6) is 0 Å². The van der Waals surface area contributed by atoms with Crippen LogP contribution >= 0.6 is 0 Å². The van der Waals surface area contributed by atoms with Gasteiger partial charge < -0.3 is 11.1 Å². The number of hydrogen-bond acceptors (Lipinski definition) is 3. The summed E-state index contributed by atoms with van der Waals surface area (Å²) in [5.41, 5.74) is 8.08. The molecule has 2 aromatic rings. The molecule has 18 heavy (non-hydrogen) atoms. The van der Waals surface area contributed by atoms with Gasteiger partial charge in [-0.15, -0.1) is 0 Å². The van der Waals surface area contributed by atoms with Gasteiger partial charge in [-0.25, -0.2) is 0 Å². The van der Waals surface area contributed by atoms with E-state index in [9.17, 15) is 4.79 Å². The molecular weight excluding hydrogens is 228 g/mol. The van der Waals surface area contributed by atoms with Crippen molar-refractivity contribution >= 4 is 11.6 Å². The maximum absolute atomic E-state index is 11.7. The highest BCUT2D eigenvalue weighted by Gasteiger charge is 2.06. The summed E-state index contributed by atoms with van der Waals surface area (Å²) >= 11 is 0. The van der Waals surface area contributed by atoms with Gasteiger partial charge in [-0.2, -0.15) is 5.10 Å². The van der Waals surface area contributed by atoms with E-state index in [1.807, 2.05) is 24.3 Å². The van der Waals surface area contributed by atoms with Gasteiger partial charge in [0.1, 0.15) is 0 Å². The van der Waals surface area contributed by atoms with Crippen molar-refractivity contribution in [2.75, 3.05) is 12.3 Å². The third-order valence-electron chi connectivity index (χ3n) is 2.65. The first-order valence-electron chi connectivity index (χ1n) is 5.76. The number of benzene rings is 1. The third kappa shape index (κ3) is 3.10. The molecular formula is C13H16N4O. The molecule has 1 aromatic carbocycles. The molecule has 0 fully saturated rings. The number of aryl methyl sites for hydroxylation is 1. The predicted octanol–water partition coefficient (Wildman–Crippen LogP) is 0.975. The summed E-state index contributed by atoms with van der Waals surface area (Å²) in [6.45, 7) is 0.595. The fourth-order valence-corrected chi connectivity index (χ4v) is 1.65. The van der Waals surface area contributed by atoms with Crippen LogP contribution in [0.15, 0.2) is 36.7 Å². The second kappa shape index (κ2) is 5.35.